The summed E-state index contributed by atoms with van der Waals surface area (Å²) in [6.07, 6.45) is 1.47. The number of imide groups is 1. The number of nitrogens with zero attached hydrogens (tertiary/aromatic N) is 1. The third-order valence-electron chi connectivity index (χ3n) is 2.68. The van der Waals surface area contributed by atoms with Gasteiger partial charge in [-0.3, -0.25) is 14.5 Å². The number of urea groups is 1. The smallest absolute Gasteiger partial charge is 0.324 e. The molecule has 3 amide bonds. The molecular weight excluding hydrogens is 208 g/mol. The van der Waals surface area contributed by atoms with Crippen molar-refractivity contribution in [1.82, 2.24) is 10.2 Å². The highest BCUT2D eigenvalue weighted by molar-refractivity contribution is 6.06. The molecule has 1 aliphatic rings. The summed E-state index contributed by atoms with van der Waals surface area (Å²) in [5.74, 6) is -0.0623. The SMILES string of the molecule is CCC(=O)CCCN1C(=O)NC(C)(C)C1=O. The van der Waals surface area contributed by atoms with Gasteiger partial charge >= 0.3 is 6.03 Å². The van der Waals surface area contributed by atoms with E-state index in [2.05, 4.69) is 5.32 Å². The van der Waals surface area contributed by atoms with E-state index in [-0.39, 0.29) is 17.7 Å². The second-order valence-corrected chi connectivity index (χ2v) is 4.51. The fourth-order valence-corrected chi connectivity index (χ4v) is 1.63. The third-order valence-corrected chi connectivity index (χ3v) is 2.68. The quantitative estimate of drug-likeness (QED) is 0.713. The van der Waals surface area contributed by atoms with Crippen LogP contribution in [-0.4, -0.2) is 34.7 Å². The number of amides is 3. The zero-order valence-corrected chi connectivity index (χ0v) is 10.0. The average molecular weight is 226 g/mol. The Bertz CT molecular complexity index is 323. The van der Waals surface area contributed by atoms with Crippen LogP contribution in [-0.2, 0) is 9.59 Å². The van der Waals surface area contributed by atoms with Gasteiger partial charge in [0, 0.05) is 19.4 Å². The normalized spacial score (nSPS) is 18.8. The molecule has 16 heavy (non-hydrogen) atoms. The Kier molecular flexibility index (Phi) is 3.67. The van der Waals surface area contributed by atoms with Gasteiger partial charge in [0.15, 0.2) is 0 Å². The van der Waals surface area contributed by atoms with E-state index in [1.54, 1.807) is 20.8 Å². The molecule has 0 unspecified atom stereocenters. The Labute approximate surface area is 95.2 Å². The second-order valence-electron chi connectivity index (χ2n) is 4.51. The minimum Gasteiger partial charge on any atom is -0.324 e. The molecule has 5 heteroatoms. The molecule has 5 nitrogen and oxygen atoms in total. The molecule has 0 bridgehead atoms. The molecule has 0 saturated carbocycles. The molecule has 0 aromatic rings. The zero-order valence-electron chi connectivity index (χ0n) is 10.0. The average Bonchev–Trinajstić information content (AvgIpc) is 2.39. The molecule has 0 spiro atoms. The van der Waals surface area contributed by atoms with E-state index < -0.39 is 5.54 Å². The van der Waals surface area contributed by atoms with Crippen LogP contribution in [0, 0.1) is 0 Å². The van der Waals surface area contributed by atoms with Gasteiger partial charge in [0.25, 0.3) is 5.91 Å². The Morgan fingerprint density at radius 2 is 2.00 bits per heavy atom. The summed E-state index contributed by atoms with van der Waals surface area (Å²) in [5, 5.41) is 2.60. The van der Waals surface area contributed by atoms with Crippen molar-refractivity contribution in [2.45, 2.75) is 45.6 Å². The van der Waals surface area contributed by atoms with Crippen LogP contribution in [0.15, 0.2) is 0 Å². The first-order chi connectivity index (χ1) is 7.38. The monoisotopic (exact) mass is 226 g/mol. The van der Waals surface area contributed by atoms with Crippen LogP contribution in [0.4, 0.5) is 4.79 Å². The third kappa shape index (κ3) is 2.59. The lowest BCUT2D eigenvalue weighted by molar-refractivity contribution is -0.130. The van der Waals surface area contributed by atoms with Crippen molar-refractivity contribution in [3.8, 4) is 0 Å². The van der Waals surface area contributed by atoms with Crippen molar-refractivity contribution in [3.63, 3.8) is 0 Å². The summed E-state index contributed by atoms with van der Waals surface area (Å²) >= 11 is 0. The van der Waals surface area contributed by atoms with E-state index in [1.165, 1.54) is 4.90 Å². The lowest BCUT2D eigenvalue weighted by Crippen LogP contribution is -2.40. The standard InChI is InChI=1S/C11H18N2O3/c1-4-8(14)6-5-7-13-9(15)11(2,3)12-10(13)16/h4-7H2,1-3H3,(H,12,16). The maximum absolute atomic E-state index is 11.7. The van der Waals surface area contributed by atoms with Crippen molar-refractivity contribution in [2.24, 2.45) is 0 Å². The maximum atomic E-state index is 11.7. The predicted octanol–water partition coefficient (Wildman–Crippen LogP) is 1.08. The van der Waals surface area contributed by atoms with Gasteiger partial charge in [0.2, 0.25) is 0 Å². The van der Waals surface area contributed by atoms with Crippen molar-refractivity contribution in [1.29, 1.82) is 0 Å². The van der Waals surface area contributed by atoms with Crippen LogP contribution in [0.25, 0.3) is 0 Å². The predicted molar refractivity (Wildman–Crippen MR) is 58.9 cm³/mol. The van der Waals surface area contributed by atoms with Gasteiger partial charge < -0.3 is 5.32 Å². The molecule has 1 fully saturated rings. The summed E-state index contributed by atoms with van der Waals surface area (Å²) in [6, 6.07) is -0.362. The summed E-state index contributed by atoms with van der Waals surface area (Å²) in [7, 11) is 0. The van der Waals surface area contributed by atoms with Crippen LogP contribution in [0.3, 0.4) is 0 Å². The van der Waals surface area contributed by atoms with Crippen LogP contribution in [0.1, 0.15) is 40.0 Å². The Morgan fingerprint density at radius 3 is 2.44 bits per heavy atom. The van der Waals surface area contributed by atoms with Crippen LogP contribution < -0.4 is 5.32 Å². The van der Waals surface area contributed by atoms with E-state index in [4.69, 9.17) is 0 Å². The van der Waals surface area contributed by atoms with Crippen molar-refractivity contribution >= 4 is 17.7 Å². The minimum atomic E-state index is -0.814. The number of ketones is 1. The van der Waals surface area contributed by atoms with Crippen molar-refractivity contribution < 1.29 is 14.4 Å². The molecule has 0 atom stereocenters. The highest BCUT2D eigenvalue weighted by Gasteiger charge is 2.43. The Balaban J connectivity index is 2.47. The number of carbonyl (C=O) groups is 3. The zero-order chi connectivity index (χ0) is 12.3. The molecule has 0 aliphatic carbocycles. The van der Waals surface area contributed by atoms with Crippen LogP contribution in [0.2, 0.25) is 0 Å². The van der Waals surface area contributed by atoms with Gasteiger partial charge in [-0.1, -0.05) is 6.92 Å². The van der Waals surface area contributed by atoms with Gasteiger partial charge in [0.1, 0.15) is 11.3 Å². The van der Waals surface area contributed by atoms with Crippen molar-refractivity contribution in [2.75, 3.05) is 6.54 Å². The van der Waals surface area contributed by atoms with Gasteiger partial charge in [-0.15, -0.1) is 0 Å². The first-order valence-electron chi connectivity index (χ1n) is 5.54. The number of hydrogen-bond acceptors (Lipinski definition) is 3. The topological polar surface area (TPSA) is 66.5 Å². The van der Waals surface area contributed by atoms with Gasteiger partial charge in [-0.2, -0.15) is 0 Å². The van der Waals surface area contributed by atoms with E-state index in [1.807, 2.05) is 0 Å². The fraction of sp³-hybridized carbons (Fsp3) is 0.727. The summed E-state index contributed by atoms with van der Waals surface area (Å²) in [5.41, 5.74) is -0.814. The van der Waals surface area contributed by atoms with Gasteiger partial charge in [0.05, 0.1) is 0 Å². The van der Waals surface area contributed by atoms with E-state index in [0.717, 1.165) is 0 Å². The van der Waals surface area contributed by atoms with E-state index >= 15 is 0 Å². The first-order valence-corrected chi connectivity index (χ1v) is 5.54. The van der Waals surface area contributed by atoms with E-state index in [0.29, 0.717) is 25.8 Å². The molecular formula is C11H18N2O3. The molecule has 1 N–H and O–H groups in total. The number of nitrogens with one attached hydrogen (secondary N) is 1. The highest BCUT2D eigenvalue weighted by atomic mass is 16.2. The largest absolute Gasteiger partial charge is 0.325 e. The lowest BCUT2D eigenvalue weighted by atomic mass is 10.1. The Hall–Kier alpha value is -1.39. The van der Waals surface area contributed by atoms with Gasteiger partial charge in [-0.05, 0) is 20.3 Å². The molecule has 1 rings (SSSR count). The molecule has 90 valence electrons. The van der Waals surface area contributed by atoms with E-state index in [9.17, 15) is 14.4 Å². The number of Topliss-reactive ketones (excluding diaryl/α,β-unsaturated/α-hetero) is 1. The number of carbonyl (C=O) groups excluding carboxylic acids is 3. The molecule has 1 heterocycles. The van der Waals surface area contributed by atoms with Crippen LogP contribution in [0.5, 0.6) is 0 Å². The minimum absolute atomic E-state index is 0.159. The molecule has 1 aliphatic heterocycles. The van der Waals surface area contributed by atoms with Crippen LogP contribution >= 0.6 is 0 Å². The molecule has 0 aromatic heterocycles. The van der Waals surface area contributed by atoms with Crippen molar-refractivity contribution in [3.05, 3.63) is 0 Å². The molecule has 0 aromatic carbocycles. The maximum Gasteiger partial charge on any atom is 0.325 e. The highest BCUT2D eigenvalue weighted by Crippen LogP contribution is 2.17. The Morgan fingerprint density at radius 1 is 1.38 bits per heavy atom. The summed E-state index contributed by atoms with van der Waals surface area (Å²) in [4.78, 5) is 35.5. The summed E-state index contributed by atoms with van der Waals surface area (Å²) < 4.78 is 0. The fourth-order valence-electron chi connectivity index (χ4n) is 1.63. The van der Waals surface area contributed by atoms with Gasteiger partial charge in [-0.25, -0.2) is 4.79 Å². The number of hydrogen-bond donors (Lipinski definition) is 1. The lowest BCUT2D eigenvalue weighted by Gasteiger charge is -2.15. The summed E-state index contributed by atoms with van der Waals surface area (Å²) in [6.45, 7) is 5.47. The second kappa shape index (κ2) is 4.63. The first kappa shape index (κ1) is 12.7. The molecule has 0 radical (unpaired) electrons. The molecule has 1 saturated heterocycles. The number of rotatable bonds is 5.